The van der Waals surface area contributed by atoms with Gasteiger partial charge in [-0.3, -0.25) is 19.2 Å². The second-order valence-electron chi connectivity index (χ2n) is 8.73. The third kappa shape index (κ3) is 10.6. The van der Waals surface area contributed by atoms with Crippen molar-refractivity contribution >= 4 is 34.8 Å². The maximum atomic E-state index is 12.7. The predicted octanol–water partition coefficient (Wildman–Crippen LogP) is 4.08. The first kappa shape index (κ1) is 32.2. The first-order chi connectivity index (χ1) is 17.4. The van der Waals surface area contributed by atoms with Gasteiger partial charge in [0.05, 0.1) is 0 Å². The van der Waals surface area contributed by atoms with Gasteiger partial charge >= 0.3 is 12.4 Å². The van der Waals surface area contributed by atoms with Crippen LogP contribution in [0.1, 0.15) is 27.7 Å². The van der Waals surface area contributed by atoms with Crippen LogP contribution in [-0.2, 0) is 19.2 Å². The summed E-state index contributed by atoms with van der Waals surface area (Å²) in [6, 6.07) is 3.83. The van der Waals surface area contributed by atoms with E-state index in [9.17, 15) is 45.5 Å². The van der Waals surface area contributed by atoms with E-state index in [1.54, 1.807) is 27.7 Å². The average Bonchev–Trinajstić information content (AvgIpc) is 2.77. The minimum absolute atomic E-state index is 0.223. The molecule has 0 spiro atoms. The Morgan fingerprint density at radius 2 is 1.03 bits per heavy atom. The molecule has 0 aliphatic rings. The quantitative estimate of drug-likeness (QED) is 0.230. The molecule has 2 unspecified atom stereocenters. The molecule has 210 valence electrons. The number of ketones is 2. The highest BCUT2D eigenvalue weighted by molar-refractivity contribution is 5.98. The topological polar surface area (TPSA) is 116 Å². The number of halogens is 6. The lowest BCUT2D eigenvalue weighted by atomic mass is 10.0. The lowest BCUT2D eigenvalue weighted by Gasteiger charge is -2.22. The fourth-order valence-corrected chi connectivity index (χ4v) is 2.90. The number of anilines is 2. The van der Waals surface area contributed by atoms with E-state index in [2.05, 4.69) is 21.3 Å². The highest BCUT2D eigenvalue weighted by atomic mass is 19.4. The molecule has 38 heavy (non-hydrogen) atoms. The van der Waals surface area contributed by atoms with Crippen molar-refractivity contribution in [1.82, 2.24) is 10.6 Å². The van der Waals surface area contributed by atoms with Crippen molar-refractivity contribution in [2.75, 3.05) is 10.6 Å². The average molecular weight is 550 g/mol. The van der Waals surface area contributed by atoms with Crippen molar-refractivity contribution in [3.63, 3.8) is 0 Å². The zero-order chi connectivity index (χ0) is 29.3. The molecule has 8 nitrogen and oxygen atoms in total. The van der Waals surface area contributed by atoms with E-state index in [0.717, 1.165) is 12.4 Å². The molecule has 0 fully saturated rings. The standard InChI is InChI=1S/C24H28F6N4O4/c1-13(2)19(31-10-8-17(35)23(25,26)27)21(37)33-15-6-5-7-16(12-15)34-22(38)20(14(3)4)32-11-9-18(36)24(28,29)30/h5-14,19-20,31-32H,1-4H3,(H,33,37)(H,34,38). The highest BCUT2D eigenvalue weighted by Crippen LogP contribution is 2.19. The summed E-state index contributed by atoms with van der Waals surface area (Å²) in [6.45, 7) is 6.51. The number of hydrogen-bond donors (Lipinski definition) is 4. The Hall–Kier alpha value is -3.84. The molecule has 0 saturated heterocycles. The zero-order valence-corrected chi connectivity index (χ0v) is 20.8. The number of hydrogen-bond acceptors (Lipinski definition) is 6. The van der Waals surface area contributed by atoms with Crippen LogP contribution in [0.5, 0.6) is 0 Å². The van der Waals surface area contributed by atoms with E-state index < -0.39 is 59.7 Å². The van der Waals surface area contributed by atoms with Crippen LogP contribution >= 0.6 is 0 Å². The van der Waals surface area contributed by atoms with Crippen LogP contribution in [0.4, 0.5) is 37.7 Å². The number of carbonyl (C=O) groups is 4. The molecule has 0 aliphatic heterocycles. The van der Waals surface area contributed by atoms with Gasteiger partial charge in [0, 0.05) is 35.9 Å². The number of amides is 2. The molecule has 1 aromatic carbocycles. The zero-order valence-electron chi connectivity index (χ0n) is 20.8. The van der Waals surface area contributed by atoms with Crippen LogP contribution in [0.2, 0.25) is 0 Å². The molecule has 14 heteroatoms. The molecule has 0 aromatic heterocycles. The van der Waals surface area contributed by atoms with Crippen molar-refractivity contribution in [1.29, 1.82) is 0 Å². The highest BCUT2D eigenvalue weighted by Gasteiger charge is 2.37. The molecule has 1 rings (SSSR count). The van der Waals surface area contributed by atoms with Crippen molar-refractivity contribution in [3.8, 4) is 0 Å². The van der Waals surface area contributed by atoms with Crippen molar-refractivity contribution in [2.24, 2.45) is 11.8 Å². The van der Waals surface area contributed by atoms with Crippen LogP contribution in [-0.4, -0.2) is 47.8 Å². The summed E-state index contributed by atoms with van der Waals surface area (Å²) in [4.78, 5) is 47.3. The van der Waals surface area contributed by atoms with E-state index in [1.807, 2.05) is 0 Å². The number of rotatable bonds is 12. The molecular formula is C24H28F6N4O4. The summed E-state index contributed by atoms with van der Waals surface area (Å²) in [6.07, 6.45) is -8.06. The van der Waals surface area contributed by atoms with Crippen LogP contribution in [0.3, 0.4) is 0 Å². The molecule has 0 radical (unpaired) electrons. The number of nitrogens with one attached hydrogen (secondary N) is 4. The summed E-state index contributed by atoms with van der Waals surface area (Å²) < 4.78 is 74.0. The molecule has 0 aliphatic carbocycles. The van der Waals surface area contributed by atoms with Crippen molar-refractivity contribution < 1.29 is 45.5 Å². The molecule has 0 saturated carbocycles. The Labute approximate surface area is 214 Å². The molecule has 2 atom stereocenters. The summed E-state index contributed by atoms with van der Waals surface area (Å²) in [5.41, 5.74) is 0.445. The molecule has 2 amide bonds. The summed E-state index contributed by atoms with van der Waals surface area (Å²) in [5, 5.41) is 10.0. The molecule has 1 aromatic rings. The van der Waals surface area contributed by atoms with Gasteiger partial charge in [0.25, 0.3) is 11.6 Å². The van der Waals surface area contributed by atoms with Gasteiger partial charge < -0.3 is 21.3 Å². The Morgan fingerprint density at radius 1 is 0.684 bits per heavy atom. The fraction of sp³-hybridized carbons (Fsp3) is 0.417. The normalized spacial score (nSPS) is 14.0. The first-order valence-corrected chi connectivity index (χ1v) is 11.2. The second-order valence-corrected chi connectivity index (χ2v) is 8.73. The van der Waals surface area contributed by atoms with Gasteiger partial charge in [-0.05, 0) is 30.0 Å². The third-order valence-corrected chi connectivity index (χ3v) is 4.88. The van der Waals surface area contributed by atoms with Crippen LogP contribution in [0.15, 0.2) is 48.8 Å². The second kappa shape index (κ2) is 13.6. The Bertz CT molecular complexity index is 985. The SMILES string of the molecule is CC(C)C(NC=CC(=O)C(F)(F)F)C(=O)Nc1cccc(NC(=O)C(NC=CC(=O)C(F)(F)F)C(C)C)c1. The molecule has 0 bridgehead atoms. The fourth-order valence-electron chi connectivity index (χ4n) is 2.90. The maximum Gasteiger partial charge on any atom is 0.454 e. The molecular weight excluding hydrogens is 522 g/mol. The van der Waals surface area contributed by atoms with Gasteiger partial charge in [0.1, 0.15) is 12.1 Å². The van der Waals surface area contributed by atoms with Gasteiger partial charge in [-0.25, -0.2) is 0 Å². The summed E-state index contributed by atoms with van der Waals surface area (Å²) in [5.74, 6) is -6.22. The summed E-state index contributed by atoms with van der Waals surface area (Å²) >= 11 is 0. The monoisotopic (exact) mass is 550 g/mol. The Kier molecular flexibility index (Phi) is 11.5. The number of alkyl halides is 6. The first-order valence-electron chi connectivity index (χ1n) is 11.2. The van der Waals surface area contributed by atoms with Crippen molar-refractivity contribution in [3.05, 3.63) is 48.8 Å². The van der Waals surface area contributed by atoms with Gasteiger partial charge in [0.15, 0.2) is 0 Å². The van der Waals surface area contributed by atoms with E-state index >= 15 is 0 Å². The van der Waals surface area contributed by atoms with Gasteiger partial charge in [-0.15, -0.1) is 0 Å². The van der Waals surface area contributed by atoms with Gasteiger partial charge in [0.2, 0.25) is 11.8 Å². The van der Waals surface area contributed by atoms with E-state index in [1.165, 1.54) is 24.3 Å². The maximum absolute atomic E-state index is 12.7. The lowest BCUT2D eigenvalue weighted by molar-refractivity contribution is -0.165. The lowest BCUT2D eigenvalue weighted by Crippen LogP contribution is -2.42. The van der Waals surface area contributed by atoms with E-state index in [-0.39, 0.29) is 23.5 Å². The Balaban J connectivity index is 2.89. The van der Waals surface area contributed by atoms with Crippen molar-refractivity contribution in [2.45, 2.75) is 52.1 Å². The Morgan fingerprint density at radius 3 is 1.32 bits per heavy atom. The number of benzene rings is 1. The number of carbonyl (C=O) groups excluding carboxylic acids is 4. The summed E-state index contributed by atoms with van der Waals surface area (Å²) in [7, 11) is 0. The van der Waals surface area contributed by atoms with Crippen LogP contribution in [0.25, 0.3) is 0 Å². The number of allylic oxidation sites excluding steroid dienone is 2. The minimum Gasteiger partial charge on any atom is -0.379 e. The predicted molar refractivity (Wildman–Crippen MR) is 128 cm³/mol. The van der Waals surface area contributed by atoms with Crippen LogP contribution < -0.4 is 21.3 Å². The van der Waals surface area contributed by atoms with Gasteiger partial charge in [-0.1, -0.05) is 33.8 Å². The molecule has 0 heterocycles. The minimum atomic E-state index is -5.04. The van der Waals surface area contributed by atoms with E-state index in [0.29, 0.717) is 0 Å². The third-order valence-electron chi connectivity index (χ3n) is 4.88. The molecule has 4 N–H and O–H groups in total. The van der Waals surface area contributed by atoms with Gasteiger partial charge in [-0.2, -0.15) is 26.3 Å². The largest absolute Gasteiger partial charge is 0.454 e. The van der Waals surface area contributed by atoms with Crippen LogP contribution in [0, 0.1) is 11.8 Å². The van der Waals surface area contributed by atoms with E-state index in [4.69, 9.17) is 0 Å². The smallest absolute Gasteiger partial charge is 0.379 e.